The standard InChI is InChI=1S/C20H26N4O3/c1-14-22-18(16-6-10-26-13-16)11-19(23-14)24-7-4-15(5-8-24)20(25)21-12-17-3-2-9-27-17/h2-3,9,11,15-16H,4-8,10,12-13H2,1H3,(H,21,25)/t16-/m1/s1. The number of amides is 1. The van der Waals surface area contributed by atoms with Crippen LogP contribution in [0, 0.1) is 12.8 Å². The van der Waals surface area contributed by atoms with Crippen molar-refractivity contribution in [1.29, 1.82) is 0 Å². The van der Waals surface area contributed by atoms with Crippen molar-refractivity contribution in [2.45, 2.75) is 38.6 Å². The molecule has 0 radical (unpaired) electrons. The highest BCUT2D eigenvalue weighted by atomic mass is 16.5. The van der Waals surface area contributed by atoms with Crippen molar-refractivity contribution >= 4 is 11.7 Å². The zero-order chi connectivity index (χ0) is 18.6. The van der Waals surface area contributed by atoms with Gasteiger partial charge in [0.25, 0.3) is 0 Å². The molecule has 0 spiro atoms. The van der Waals surface area contributed by atoms with Crippen molar-refractivity contribution < 1.29 is 13.9 Å². The molecule has 7 nitrogen and oxygen atoms in total. The van der Waals surface area contributed by atoms with Gasteiger partial charge in [-0.2, -0.15) is 0 Å². The van der Waals surface area contributed by atoms with Gasteiger partial charge in [0.1, 0.15) is 17.4 Å². The van der Waals surface area contributed by atoms with Crippen LogP contribution >= 0.6 is 0 Å². The van der Waals surface area contributed by atoms with Crippen LogP contribution in [0.15, 0.2) is 28.9 Å². The molecule has 1 N–H and O–H groups in total. The molecule has 0 aliphatic carbocycles. The van der Waals surface area contributed by atoms with E-state index < -0.39 is 0 Å². The fourth-order valence-electron chi connectivity index (χ4n) is 3.82. The molecule has 2 aromatic heterocycles. The van der Waals surface area contributed by atoms with Crippen LogP contribution in [0.3, 0.4) is 0 Å². The first-order valence-electron chi connectivity index (χ1n) is 9.67. The number of ether oxygens (including phenoxy) is 1. The number of nitrogens with zero attached hydrogens (tertiary/aromatic N) is 3. The minimum Gasteiger partial charge on any atom is -0.467 e. The summed E-state index contributed by atoms with van der Waals surface area (Å²) in [5.41, 5.74) is 1.08. The molecule has 2 aromatic rings. The fraction of sp³-hybridized carbons (Fsp3) is 0.550. The Labute approximate surface area is 159 Å². The Morgan fingerprint density at radius 2 is 2.15 bits per heavy atom. The summed E-state index contributed by atoms with van der Waals surface area (Å²) in [6.45, 7) is 5.60. The second kappa shape index (κ2) is 8.08. The largest absolute Gasteiger partial charge is 0.467 e. The van der Waals surface area contributed by atoms with Gasteiger partial charge in [0, 0.05) is 37.6 Å². The number of furan rings is 1. The summed E-state index contributed by atoms with van der Waals surface area (Å²) >= 11 is 0. The summed E-state index contributed by atoms with van der Waals surface area (Å²) in [4.78, 5) is 23.9. The maximum absolute atomic E-state index is 12.4. The van der Waals surface area contributed by atoms with E-state index >= 15 is 0 Å². The molecule has 1 amide bonds. The molecule has 144 valence electrons. The molecule has 0 saturated carbocycles. The normalized spacial score (nSPS) is 20.8. The van der Waals surface area contributed by atoms with E-state index in [0.29, 0.717) is 12.5 Å². The first-order chi connectivity index (χ1) is 13.2. The highest BCUT2D eigenvalue weighted by Crippen LogP contribution is 2.28. The molecule has 0 bridgehead atoms. The van der Waals surface area contributed by atoms with Gasteiger partial charge in [-0.1, -0.05) is 0 Å². The van der Waals surface area contributed by atoms with Gasteiger partial charge in [-0.05, 0) is 38.3 Å². The van der Waals surface area contributed by atoms with E-state index in [2.05, 4.69) is 26.3 Å². The second-order valence-corrected chi connectivity index (χ2v) is 7.32. The van der Waals surface area contributed by atoms with Crippen LogP contribution in [0.1, 0.15) is 42.5 Å². The number of rotatable bonds is 5. The molecule has 7 heteroatoms. The van der Waals surface area contributed by atoms with Gasteiger partial charge < -0.3 is 19.4 Å². The number of aromatic nitrogens is 2. The zero-order valence-electron chi connectivity index (χ0n) is 15.7. The number of hydrogen-bond acceptors (Lipinski definition) is 6. The maximum Gasteiger partial charge on any atom is 0.223 e. The van der Waals surface area contributed by atoms with E-state index in [9.17, 15) is 4.79 Å². The number of nitrogens with one attached hydrogen (secondary N) is 1. The molecule has 2 saturated heterocycles. The van der Waals surface area contributed by atoms with Gasteiger partial charge in [0.05, 0.1) is 25.1 Å². The van der Waals surface area contributed by atoms with Gasteiger partial charge in [-0.3, -0.25) is 4.79 Å². The van der Waals surface area contributed by atoms with Crippen LogP contribution in [0.2, 0.25) is 0 Å². The Kier molecular flexibility index (Phi) is 5.38. The quantitative estimate of drug-likeness (QED) is 0.871. The third kappa shape index (κ3) is 4.30. The average Bonchev–Trinajstić information content (AvgIpc) is 3.39. The zero-order valence-corrected chi connectivity index (χ0v) is 15.7. The highest BCUT2D eigenvalue weighted by molar-refractivity contribution is 5.78. The molecule has 2 fully saturated rings. The van der Waals surface area contributed by atoms with Crippen LogP contribution in [0.4, 0.5) is 5.82 Å². The first-order valence-corrected chi connectivity index (χ1v) is 9.67. The number of aryl methyl sites for hydroxylation is 1. The molecular weight excluding hydrogens is 344 g/mol. The SMILES string of the molecule is Cc1nc([C@@H]2CCOC2)cc(N2CCC(C(=O)NCc3ccco3)CC2)n1. The Morgan fingerprint density at radius 3 is 2.85 bits per heavy atom. The Balaban J connectivity index is 1.34. The number of carbonyl (C=O) groups is 1. The van der Waals surface area contributed by atoms with Gasteiger partial charge in [-0.25, -0.2) is 9.97 Å². The fourth-order valence-corrected chi connectivity index (χ4v) is 3.82. The van der Waals surface area contributed by atoms with Crippen molar-refractivity contribution in [3.63, 3.8) is 0 Å². The molecule has 0 unspecified atom stereocenters. The van der Waals surface area contributed by atoms with Crippen LogP contribution in [0.5, 0.6) is 0 Å². The molecule has 2 aliphatic rings. The molecule has 4 rings (SSSR count). The lowest BCUT2D eigenvalue weighted by Crippen LogP contribution is -2.40. The smallest absolute Gasteiger partial charge is 0.223 e. The Bertz CT molecular complexity index is 764. The van der Waals surface area contributed by atoms with Crippen LogP contribution in [0.25, 0.3) is 0 Å². The maximum atomic E-state index is 12.4. The topological polar surface area (TPSA) is 80.5 Å². The third-order valence-corrected chi connectivity index (χ3v) is 5.40. The molecule has 4 heterocycles. The van der Waals surface area contributed by atoms with Crippen molar-refractivity contribution in [2.24, 2.45) is 5.92 Å². The van der Waals surface area contributed by atoms with E-state index in [1.807, 2.05) is 19.1 Å². The van der Waals surface area contributed by atoms with Gasteiger partial charge in [-0.15, -0.1) is 0 Å². The number of piperidine rings is 1. The number of carbonyl (C=O) groups excluding carboxylic acids is 1. The van der Waals surface area contributed by atoms with Gasteiger partial charge in [0.2, 0.25) is 5.91 Å². The second-order valence-electron chi connectivity index (χ2n) is 7.32. The molecule has 27 heavy (non-hydrogen) atoms. The lowest BCUT2D eigenvalue weighted by molar-refractivity contribution is -0.125. The first kappa shape index (κ1) is 18.0. The van der Waals surface area contributed by atoms with Crippen LogP contribution in [-0.4, -0.2) is 42.2 Å². The van der Waals surface area contributed by atoms with Crippen molar-refractivity contribution in [2.75, 3.05) is 31.2 Å². The predicted molar refractivity (Wildman–Crippen MR) is 100 cm³/mol. The monoisotopic (exact) mass is 370 g/mol. The summed E-state index contributed by atoms with van der Waals surface area (Å²) in [5.74, 6) is 3.07. The lowest BCUT2D eigenvalue weighted by atomic mass is 9.95. The van der Waals surface area contributed by atoms with Crippen molar-refractivity contribution in [1.82, 2.24) is 15.3 Å². The lowest BCUT2D eigenvalue weighted by Gasteiger charge is -2.32. The van der Waals surface area contributed by atoms with E-state index in [4.69, 9.17) is 9.15 Å². The van der Waals surface area contributed by atoms with E-state index in [1.54, 1.807) is 6.26 Å². The summed E-state index contributed by atoms with van der Waals surface area (Å²) in [6.07, 6.45) is 4.30. The highest BCUT2D eigenvalue weighted by Gasteiger charge is 2.27. The van der Waals surface area contributed by atoms with Crippen molar-refractivity contribution in [3.8, 4) is 0 Å². The van der Waals surface area contributed by atoms with Crippen LogP contribution in [-0.2, 0) is 16.1 Å². The molecule has 0 aromatic carbocycles. The van der Waals surface area contributed by atoms with Gasteiger partial charge >= 0.3 is 0 Å². The van der Waals surface area contributed by atoms with Crippen LogP contribution < -0.4 is 10.2 Å². The molecule has 1 atom stereocenters. The minimum atomic E-state index is 0.0434. The predicted octanol–water partition coefficient (Wildman–Crippen LogP) is 2.41. The molecule has 2 aliphatic heterocycles. The van der Waals surface area contributed by atoms with Crippen molar-refractivity contribution in [3.05, 3.63) is 41.7 Å². The third-order valence-electron chi connectivity index (χ3n) is 5.40. The molecular formula is C20H26N4O3. The minimum absolute atomic E-state index is 0.0434. The van der Waals surface area contributed by atoms with E-state index in [-0.39, 0.29) is 11.8 Å². The van der Waals surface area contributed by atoms with E-state index in [0.717, 1.165) is 68.7 Å². The average molecular weight is 370 g/mol. The Hall–Kier alpha value is -2.41. The van der Waals surface area contributed by atoms with E-state index in [1.165, 1.54) is 0 Å². The summed E-state index contributed by atoms with van der Waals surface area (Å²) in [7, 11) is 0. The summed E-state index contributed by atoms with van der Waals surface area (Å²) in [6, 6.07) is 5.80. The summed E-state index contributed by atoms with van der Waals surface area (Å²) in [5, 5.41) is 2.97. The number of anilines is 1. The summed E-state index contributed by atoms with van der Waals surface area (Å²) < 4.78 is 10.8. The number of hydrogen-bond donors (Lipinski definition) is 1. The Morgan fingerprint density at radius 1 is 1.30 bits per heavy atom. The van der Waals surface area contributed by atoms with Gasteiger partial charge in [0.15, 0.2) is 0 Å².